The van der Waals surface area contributed by atoms with Crippen LogP contribution in [0.2, 0.25) is 5.11 Å². The number of carbonyl (C=O) groups is 2. The highest BCUT2D eigenvalue weighted by Gasteiger charge is 2.41. The molecule has 2 atom stereocenters. The van der Waals surface area contributed by atoms with Gasteiger partial charge in [0.15, 0.2) is 5.65 Å². The Morgan fingerprint density at radius 3 is 2.29 bits per heavy atom. The molecule has 2 N–H and O–H groups in total. The summed E-state index contributed by atoms with van der Waals surface area (Å²) in [4.78, 5) is 31.0. The SMILES string of the molecule is BC(B)(B)C(B)(B)n1nccc1C(=O)N[C@H](c1cn2ncc(C(NC(=O)CCC(F)F)C3CC3)cc2n1)C1CCC(F)(F)CC1. The highest BCUT2D eigenvalue weighted by atomic mass is 19.3. The van der Waals surface area contributed by atoms with Crippen LogP contribution in [0.1, 0.15) is 85.2 Å². The molecule has 18 heteroatoms. The number of rotatable bonds is 12. The molecule has 3 heterocycles. The van der Waals surface area contributed by atoms with Crippen LogP contribution in [0.3, 0.4) is 0 Å². The molecular formula is C27H38B5F4N7O2. The summed E-state index contributed by atoms with van der Waals surface area (Å²) in [5.74, 6) is -3.66. The number of fused-ring (bicyclic) bond motifs is 1. The Balaban J connectivity index is 1.43. The molecule has 45 heavy (non-hydrogen) atoms. The van der Waals surface area contributed by atoms with Gasteiger partial charge in [-0.05, 0) is 60.6 Å². The van der Waals surface area contributed by atoms with Crippen LogP contribution >= 0.6 is 0 Å². The summed E-state index contributed by atoms with van der Waals surface area (Å²) in [6.45, 7) is 0. The Bertz CT molecular complexity index is 1530. The van der Waals surface area contributed by atoms with E-state index in [4.69, 9.17) is 4.98 Å². The van der Waals surface area contributed by atoms with Gasteiger partial charge in [0.25, 0.3) is 5.91 Å². The fourth-order valence-electron chi connectivity index (χ4n) is 5.90. The second-order valence-electron chi connectivity index (χ2n) is 14.2. The normalized spacial score (nSPS) is 19.0. The van der Waals surface area contributed by atoms with Crippen LogP contribution in [0.4, 0.5) is 17.6 Å². The molecule has 3 aromatic rings. The third-order valence-electron chi connectivity index (χ3n) is 9.80. The maximum absolute atomic E-state index is 14.2. The molecule has 2 aliphatic rings. The number of halogens is 4. The van der Waals surface area contributed by atoms with E-state index in [0.29, 0.717) is 22.6 Å². The number of alkyl halides is 4. The van der Waals surface area contributed by atoms with E-state index in [-0.39, 0.29) is 61.0 Å². The van der Waals surface area contributed by atoms with Gasteiger partial charge in [0.2, 0.25) is 18.3 Å². The first-order chi connectivity index (χ1) is 21.1. The van der Waals surface area contributed by atoms with Gasteiger partial charge in [0, 0.05) is 31.9 Å². The van der Waals surface area contributed by atoms with Gasteiger partial charge < -0.3 is 10.6 Å². The highest BCUT2D eigenvalue weighted by molar-refractivity contribution is 6.66. The number of hydrogen-bond donors (Lipinski definition) is 2. The summed E-state index contributed by atoms with van der Waals surface area (Å²) >= 11 is 0. The van der Waals surface area contributed by atoms with E-state index in [1.54, 1.807) is 39.9 Å². The molecule has 0 radical (unpaired) electrons. The van der Waals surface area contributed by atoms with Crippen LogP contribution in [0, 0.1) is 11.8 Å². The molecule has 0 aromatic carbocycles. The van der Waals surface area contributed by atoms with Crippen LogP contribution < -0.4 is 10.6 Å². The molecule has 2 fully saturated rings. The maximum atomic E-state index is 14.2. The van der Waals surface area contributed by atoms with Gasteiger partial charge >= 0.3 is 0 Å². The number of nitrogens with zero attached hydrogens (tertiary/aromatic N) is 5. The quantitative estimate of drug-likeness (QED) is 0.213. The Morgan fingerprint density at radius 1 is 1.00 bits per heavy atom. The monoisotopic (exact) mass is 623 g/mol. The lowest BCUT2D eigenvalue weighted by Gasteiger charge is -2.41. The van der Waals surface area contributed by atoms with Crippen LogP contribution in [0.15, 0.2) is 30.7 Å². The van der Waals surface area contributed by atoms with Crippen molar-refractivity contribution in [3.05, 3.63) is 47.7 Å². The second-order valence-corrected chi connectivity index (χ2v) is 14.2. The van der Waals surface area contributed by atoms with E-state index in [1.807, 2.05) is 15.7 Å². The van der Waals surface area contributed by atoms with Crippen molar-refractivity contribution in [1.82, 2.24) is 35.0 Å². The van der Waals surface area contributed by atoms with Gasteiger partial charge in [0.1, 0.15) is 21.4 Å². The summed E-state index contributed by atoms with van der Waals surface area (Å²) in [5, 5.41) is 14.2. The molecule has 0 aliphatic heterocycles. The fraction of sp³-hybridized carbons (Fsp3) is 0.593. The first kappa shape index (κ1) is 33.2. The molecule has 5 rings (SSSR count). The molecule has 236 valence electrons. The Labute approximate surface area is 264 Å². The molecule has 2 aliphatic carbocycles. The average molecular weight is 623 g/mol. The topological polar surface area (TPSA) is 106 Å². The maximum Gasteiger partial charge on any atom is 0.270 e. The third kappa shape index (κ3) is 7.46. The van der Waals surface area contributed by atoms with Crippen molar-refractivity contribution in [2.75, 3.05) is 0 Å². The van der Waals surface area contributed by atoms with Crippen molar-refractivity contribution in [2.45, 2.75) is 86.2 Å². The summed E-state index contributed by atoms with van der Waals surface area (Å²) < 4.78 is 56.9. The third-order valence-corrected chi connectivity index (χ3v) is 9.80. The number of imidazole rings is 1. The second kappa shape index (κ2) is 12.5. The van der Waals surface area contributed by atoms with E-state index < -0.39 is 36.1 Å². The van der Waals surface area contributed by atoms with E-state index in [1.165, 1.54) is 0 Å². The predicted octanol–water partition coefficient (Wildman–Crippen LogP) is -0.315. The van der Waals surface area contributed by atoms with Crippen molar-refractivity contribution >= 4 is 56.7 Å². The lowest BCUT2D eigenvalue weighted by Crippen LogP contribution is -2.50. The first-order valence-electron chi connectivity index (χ1n) is 15.7. The summed E-state index contributed by atoms with van der Waals surface area (Å²) in [5.41, 5.74) is 2.03. The number of amides is 2. The van der Waals surface area contributed by atoms with E-state index >= 15 is 0 Å². The molecule has 0 saturated heterocycles. The minimum absolute atomic E-state index is 0.178. The van der Waals surface area contributed by atoms with Crippen molar-refractivity contribution in [1.29, 1.82) is 0 Å². The average Bonchev–Trinajstić information content (AvgIpc) is 3.50. The van der Waals surface area contributed by atoms with Gasteiger partial charge in [-0.1, -0.05) is 0 Å². The first-order valence-corrected chi connectivity index (χ1v) is 15.7. The van der Waals surface area contributed by atoms with Gasteiger partial charge in [-0.3, -0.25) is 14.3 Å². The van der Waals surface area contributed by atoms with Crippen LogP contribution in [-0.4, -0.2) is 87.8 Å². The number of carbonyl (C=O) groups excluding carboxylic acids is 2. The Morgan fingerprint density at radius 2 is 1.67 bits per heavy atom. The predicted molar refractivity (Wildman–Crippen MR) is 175 cm³/mol. The van der Waals surface area contributed by atoms with Crippen molar-refractivity contribution in [3.63, 3.8) is 0 Å². The van der Waals surface area contributed by atoms with Gasteiger partial charge in [-0.2, -0.15) is 10.2 Å². The molecule has 1 unspecified atom stereocenters. The number of nitrogens with one attached hydrogen (secondary N) is 2. The molecule has 0 spiro atoms. The molecule has 2 amide bonds. The van der Waals surface area contributed by atoms with Gasteiger partial charge in [0.05, 0.1) is 53.7 Å². The number of hydrogen-bond acceptors (Lipinski definition) is 5. The molecule has 9 nitrogen and oxygen atoms in total. The molecule has 0 bridgehead atoms. The lowest BCUT2D eigenvalue weighted by molar-refractivity contribution is -0.122. The zero-order valence-corrected chi connectivity index (χ0v) is 26.5. The van der Waals surface area contributed by atoms with Crippen LogP contribution in [-0.2, 0) is 10.1 Å². The highest BCUT2D eigenvalue weighted by Crippen LogP contribution is 2.43. The zero-order chi connectivity index (χ0) is 32.7. The van der Waals surface area contributed by atoms with Crippen molar-refractivity contribution < 1.29 is 27.2 Å². The molecular weight excluding hydrogens is 584 g/mol. The van der Waals surface area contributed by atoms with Crippen molar-refractivity contribution in [2.24, 2.45) is 11.8 Å². The van der Waals surface area contributed by atoms with Gasteiger partial charge in [-0.15, -0.1) is 5.11 Å². The number of aromatic nitrogens is 5. The minimum atomic E-state index is -2.74. The van der Waals surface area contributed by atoms with Crippen LogP contribution in [0.5, 0.6) is 0 Å². The van der Waals surface area contributed by atoms with E-state index in [2.05, 4.69) is 44.4 Å². The van der Waals surface area contributed by atoms with E-state index in [9.17, 15) is 27.2 Å². The Hall–Kier alpha value is -3.19. The summed E-state index contributed by atoms with van der Waals surface area (Å²) in [7, 11) is 10.2. The van der Waals surface area contributed by atoms with Gasteiger partial charge in [-0.25, -0.2) is 27.1 Å². The summed E-state index contributed by atoms with van der Waals surface area (Å²) in [6, 6.07) is 2.41. The Kier molecular flexibility index (Phi) is 9.25. The zero-order valence-electron chi connectivity index (χ0n) is 26.5. The van der Waals surface area contributed by atoms with Crippen molar-refractivity contribution in [3.8, 4) is 0 Å². The summed E-state index contributed by atoms with van der Waals surface area (Å²) in [6.07, 6.45) is 3.25. The fourth-order valence-corrected chi connectivity index (χ4v) is 5.90. The molecule has 3 aromatic heterocycles. The van der Waals surface area contributed by atoms with E-state index in [0.717, 1.165) is 12.8 Å². The molecule has 2 saturated carbocycles. The minimum Gasteiger partial charge on any atom is -0.349 e. The standard InChI is InChI=1S/C27H38B5F4N7O2/c28-26(29,30)27(31,32)43-18(7-10-37-43)24(45)41-23(15-5-8-25(35,36)9-6-15)17-13-42-20(39-17)11-16(12-38-42)22(14-1-2-14)40-21(44)4-3-19(33)34/h7,10-15,19,22-23H,1-6,8-9,28-32H2,(H,40,44)(H,41,45)/t22?,23-/m0/s1. The smallest absolute Gasteiger partial charge is 0.270 e. The van der Waals surface area contributed by atoms with Crippen LogP contribution in [0.25, 0.3) is 5.65 Å². The largest absolute Gasteiger partial charge is 0.349 e. The lowest BCUT2D eigenvalue weighted by atomic mass is 9.26.